The van der Waals surface area contributed by atoms with Gasteiger partial charge in [-0.25, -0.2) is 0 Å². The third kappa shape index (κ3) is 2.59. The van der Waals surface area contributed by atoms with Crippen LogP contribution in [0.2, 0.25) is 0 Å². The van der Waals surface area contributed by atoms with Crippen molar-refractivity contribution in [1.29, 1.82) is 0 Å². The lowest BCUT2D eigenvalue weighted by Crippen LogP contribution is -2.15. The summed E-state index contributed by atoms with van der Waals surface area (Å²) in [4.78, 5) is 2.25. The summed E-state index contributed by atoms with van der Waals surface area (Å²) in [5.41, 5.74) is 5.35. The van der Waals surface area contributed by atoms with Crippen molar-refractivity contribution < 1.29 is 4.74 Å². The summed E-state index contributed by atoms with van der Waals surface area (Å²) in [6, 6.07) is 17.2. The second-order valence-corrected chi connectivity index (χ2v) is 6.75. The van der Waals surface area contributed by atoms with Crippen molar-refractivity contribution in [1.82, 2.24) is 9.47 Å². The molecule has 0 aliphatic carbocycles. The van der Waals surface area contributed by atoms with Gasteiger partial charge in [0, 0.05) is 29.4 Å². The molecule has 124 valence electrons. The normalized spacial score (nSPS) is 13.5. The Bertz CT molecular complexity index is 863. The summed E-state index contributed by atoms with van der Waals surface area (Å²) in [5.74, 6) is 1.01. The Hall–Kier alpha value is -2.26. The predicted molar refractivity (Wildman–Crippen MR) is 99.7 cm³/mol. The minimum atomic E-state index is 0.746. The van der Waals surface area contributed by atoms with Gasteiger partial charge in [0.05, 0.1) is 12.3 Å². The van der Waals surface area contributed by atoms with Crippen molar-refractivity contribution in [2.24, 2.45) is 0 Å². The molecule has 0 atom stereocenters. The van der Waals surface area contributed by atoms with Gasteiger partial charge in [-0.1, -0.05) is 30.3 Å². The molecule has 1 aliphatic heterocycles. The average Bonchev–Trinajstić information content (AvgIpc) is 2.77. The maximum Gasteiger partial charge on any atom is 0.128 e. The van der Waals surface area contributed by atoms with Crippen LogP contribution in [-0.2, 0) is 13.0 Å². The Morgan fingerprint density at radius 1 is 1.04 bits per heavy atom. The molecule has 3 heteroatoms. The van der Waals surface area contributed by atoms with Gasteiger partial charge in [-0.3, -0.25) is 0 Å². The van der Waals surface area contributed by atoms with E-state index in [9.17, 15) is 0 Å². The van der Waals surface area contributed by atoms with E-state index >= 15 is 0 Å². The van der Waals surface area contributed by atoms with Crippen LogP contribution in [0.25, 0.3) is 22.2 Å². The number of hydrogen-bond donors (Lipinski definition) is 0. The standard InChI is InChI=1S/C21H24N2O/c1-22(2)13-7-14-23-19-10-5-3-8-16(19)17-12-15-24-20-11-6-4-9-18(20)21(17)23/h3-6,8-11H,7,12-15H2,1-2H3. The molecule has 4 rings (SSSR count). The molecule has 0 N–H and O–H groups in total. The molecular formula is C21H24N2O. The first kappa shape index (κ1) is 15.3. The zero-order valence-electron chi connectivity index (χ0n) is 14.5. The number of hydrogen-bond acceptors (Lipinski definition) is 2. The van der Waals surface area contributed by atoms with Crippen LogP contribution in [0.15, 0.2) is 48.5 Å². The van der Waals surface area contributed by atoms with E-state index in [-0.39, 0.29) is 0 Å². The maximum atomic E-state index is 6.01. The van der Waals surface area contributed by atoms with Crippen LogP contribution in [0.4, 0.5) is 0 Å². The van der Waals surface area contributed by atoms with Crippen molar-refractivity contribution in [3.8, 4) is 17.0 Å². The Kier molecular flexibility index (Phi) is 4.03. The Labute approximate surface area is 143 Å². The number of aryl methyl sites for hydroxylation is 1. The van der Waals surface area contributed by atoms with E-state index in [4.69, 9.17) is 4.74 Å². The molecule has 3 aromatic rings. The molecule has 24 heavy (non-hydrogen) atoms. The van der Waals surface area contributed by atoms with Gasteiger partial charge in [0.2, 0.25) is 0 Å². The highest BCUT2D eigenvalue weighted by Crippen LogP contribution is 2.40. The fraction of sp³-hybridized carbons (Fsp3) is 0.333. The van der Waals surface area contributed by atoms with Gasteiger partial charge < -0.3 is 14.2 Å². The minimum absolute atomic E-state index is 0.746. The molecule has 0 spiro atoms. The Balaban J connectivity index is 1.90. The number of benzene rings is 2. The van der Waals surface area contributed by atoms with E-state index in [2.05, 4.69) is 72.1 Å². The molecule has 0 unspecified atom stereocenters. The highest BCUT2D eigenvalue weighted by Gasteiger charge is 2.23. The van der Waals surface area contributed by atoms with Gasteiger partial charge in [-0.05, 0) is 50.8 Å². The van der Waals surface area contributed by atoms with E-state index < -0.39 is 0 Å². The molecule has 2 aromatic carbocycles. The molecule has 1 aromatic heterocycles. The Morgan fingerprint density at radius 3 is 2.71 bits per heavy atom. The topological polar surface area (TPSA) is 17.4 Å². The number of para-hydroxylation sites is 2. The molecule has 0 radical (unpaired) electrons. The van der Waals surface area contributed by atoms with E-state index in [0.717, 1.165) is 38.3 Å². The number of ether oxygens (including phenoxy) is 1. The van der Waals surface area contributed by atoms with E-state index in [1.54, 1.807) is 0 Å². The highest BCUT2D eigenvalue weighted by molar-refractivity contribution is 5.93. The number of aromatic nitrogens is 1. The molecule has 0 amide bonds. The summed E-state index contributed by atoms with van der Waals surface area (Å²) in [7, 11) is 4.27. The van der Waals surface area contributed by atoms with Crippen LogP contribution in [-0.4, -0.2) is 36.7 Å². The summed E-state index contributed by atoms with van der Waals surface area (Å²) in [6.45, 7) is 2.87. The van der Waals surface area contributed by atoms with Crippen LogP contribution < -0.4 is 4.74 Å². The fourth-order valence-electron chi connectivity index (χ4n) is 3.76. The smallest absolute Gasteiger partial charge is 0.128 e. The second-order valence-electron chi connectivity index (χ2n) is 6.75. The van der Waals surface area contributed by atoms with Gasteiger partial charge in [0.15, 0.2) is 0 Å². The van der Waals surface area contributed by atoms with Crippen molar-refractivity contribution >= 4 is 10.9 Å². The van der Waals surface area contributed by atoms with Crippen LogP contribution >= 0.6 is 0 Å². The monoisotopic (exact) mass is 320 g/mol. The quantitative estimate of drug-likeness (QED) is 0.717. The lowest BCUT2D eigenvalue weighted by atomic mass is 10.0. The lowest BCUT2D eigenvalue weighted by molar-refractivity contribution is 0.327. The highest BCUT2D eigenvalue weighted by atomic mass is 16.5. The summed E-state index contributed by atoms with van der Waals surface area (Å²) in [5, 5.41) is 1.37. The van der Waals surface area contributed by atoms with Crippen LogP contribution in [0.3, 0.4) is 0 Å². The molecule has 0 saturated carbocycles. The third-order valence-corrected chi connectivity index (χ3v) is 4.81. The maximum absolute atomic E-state index is 6.01. The number of rotatable bonds is 4. The minimum Gasteiger partial charge on any atom is -0.493 e. The van der Waals surface area contributed by atoms with Crippen LogP contribution in [0, 0.1) is 0 Å². The zero-order valence-corrected chi connectivity index (χ0v) is 14.5. The van der Waals surface area contributed by atoms with E-state index in [1.807, 2.05) is 0 Å². The van der Waals surface area contributed by atoms with Gasteiger partial charge in [0.25, 0.3) is 0 Å². The van der Waals surface area contributed by atoms with Crippen LogP contribution in [0.5, 0.6) is 5.75 Å². The first-order valence-corrected chi connectivity index (χ1v) is 8.73. The largest absolute Gasteiger partial charge is 0.493 e. The first-order chi connectivity index (χ1) is 11.8. The SMILES string of the molecule is CN(C)CCCn1c2c(c3ccccc31)CCOc1ccccc1-2. The average molecular weight is 320 g/mol. The van der Waals surface area contributed by atoms with Crippen molar-refractivity contribution in [3.63, 3.8) is 0 Å². The third-order valence-electron chi connectivity index (χ3n) is 4.81. The van der Waals surface area contributed by atoms with E-state index in [1.165, 1.54) is 27.7 Å². The van der Waals surface area contributed by atoms with Gasteiger partial charge in [-0.15, -0.1) is 0 Å². The number of nitrogens with zero attached hydrogens (tertiary/aromatic N) is 2. The van der Waals surface area contributed by atoms with Crippen molar-refractivity contribution in [2.75, 3.05) is 27.2 Å². The molecule has 3 nitrogen and oxygen atoms in total. The molecule has 1 aliphatic rings. The predicted octanol–water partition coefficient (Wildman–Crippen LogP) is 4.19. The molecule has 0 saturated heterocycles. The summed E-state index contributed by atoms with van der Waals surface area (Å²) < 4.78 is 8.52. The summed E-state index contributed by atoms with van der Waals surface area (Å²) in [6.07, 6.45) is 2.10. The zero-order chi connectivity index (χ0) is 16.5. The molecular weight excluding hydrogens is 296 g/mol. The van der Waals surface area contributed by atoms with Gasteiger partial charge >= 0.3 is 0 Å². The van der Waals surface area contributed by atoms with Crippen LogP contribution in [0.1, 0.15) is 12.0 Å². The first-order valence-electron chi connectivity index (χ1n) is 8.73. The fourth-order valence-corrected chi connectivity index (χ4v) is 3.76. The number of fused-ring (bicyclic) bond motifs is 5. The van der Waals surface area contributed by atoms with Gasteiger partial charge in [0.1, 0.15) is 5.75 Å². The molecule has 2 heterocycles. The summed E-state index contributed by atoms with van der Waals surface area (Å²) >= 11 is 0. The Morgan fingerprint density at radius 2 is 1.83 bits per heavy atom. The molecule has 0 bridgehead atoms. The van der Waals surface area contributed by atoms with Crippen molar-refractivity contribution in [3.05, 3.63) is 54.1 Å². The molecule has 0 fully saturated rings. The van der Waals surface area contributed by atoms with Crippen molar-refractivity contribution in [2.45, 2.75) is 19.4 Å². The second kappa shape index (κ2) is 6.33. The van der Waals surface area contributed by atoms with E-state index in [0.29, 0.717) is 0 Å². The lowest BCUT2D eigenvalue weighted by Gasteiger charge is -2.15. The van der Waals surface area contributed by atoms with Gasteiger partial charge in [-0.2, -0.15) is 0 Å².